The van der Waals surface area contributed by atoms with Crippen molar-refractivity contribution < 1.29 is 12.9 Å². The second-order valence-corrected chi connectivity index (χ2v) is 6.95. The highest BCUT2D eigenvalue weighted by atomic mass is 32.2. The topological polar surface area (TPSA) is 98.0 Å². The summed E-state index contributed by atoms with van der Waals surface area (Å²) in [5.41, 5.74) is 2.04. The molecule has 0 aliphatic carbocycles. The highest BCUT2D eigenvalue weighted by Gasteiger charge is 2.23. The Morgan fingerprint density at radius 3 is 2.33 bits per heavy atom. The van der Waals surface area contributed by atoms with Crippen molar-refractivity contribution in [3.8, 4) is 11.4 Å². The molecule has 3 aromatic rings. The van der Waals surface area contributed by atoms with Crippen LogP contribution in [0.3, 0.4) is 0 Å². The molecule has 7 nitrogen and oxygen atoms in total. The van der Waals surface area contributed by atoms with Gasteiger partial charge in [-0.25, -0.2) is 23.1 Å². The number of rotatable bonds is 5. The highest BCUT2D eigenvalue weighted by molar-refractivity contribution is 7.89. The first-order chi connectivity index (χ1) is 11.5. The number of aromatic nitrogens is 3. The summed E-state index contributed by atoms with van der Waals surface area (Å²) in [5.74, 6) is 0.900. The van der Waals surface area contributed by atoms with E-state index in [2.05, 4.69) is 19.8 Å². The summed E-state index contributed by atoms with van der Waals surface area (Å²) < 4.78 is 32.2. The molecule has 2 heterocycles. The quantitative estimate of drug-likeness (QED) is 0.762. The van der Waals surface area contributed by atoms with Gasteiger partial charge in [-0.3, -0.25) is 0 Å². The highest BCUT2D eigenvalue weighted by Crippen LogP contribution is 2.19. The molecule has 3 rings (SSSR count). The van der Waals surface area contributed by atoms with Crippen molar-refractivity contribution in [3.05, 3.63) is 59.7 Å². The second kappa shape index (κ2) is 6.50. The molecule has 1 aromatic carbocycles. The smallest absolute Gasteiger partial charge is 0.246 e. The fraction of sp³-hybridized carbons (Fsp3) is 0.188. The summed E-state index contributed by atoms with van der Waals surface area (Å²) in [6.45, 7) is 3.34. The van der Waals surface area contributed by atoms with Gasteiger partial charge >= 0.3 is 0 Å². The van der Waals surface area contributed by atoms with E-state index in [4.69, 9.17) is 4.52 Å². The van der Waals surface area contributed by atoms with Crippen molar-refractivity contribution in [2.24, 2.45) is 0 Å². The molecule has 0 aliphatic heterocycles. The number of benzene rings is 1. The lowest BCUT2D eigenvalue weighted by atomic mass is 10.1. The molecule has 0 saturated heterocycles. The Morgan fingerprint density at radius 2 is 1.75 bits per heavy atom. The molecule has 124 valence electrons. The molecule has 8 heteroatoms. The van der Waals surface area contributed by atoms with Gasteiger partial charge in [-0.2, -0.15) is 0 Å². The molecule has 0 amide bonds. The summed E-state index contributed by atoms with van der Waals surface area (Å²) in [4.78, 5) is 8.45. The number of hydrogen-bond acceptors (Lipinski definition) is 6. The molecule has 1 N–H and O–H groups in total. The van der Waals surface area contributed by atoms with Crippen LogP contribution >= 0.6 is 0 Å². The molecule has 24 heavy (non-hydrogen) atoms. The lowest BCUT2D eigenvalue weighted by Crippen LogP contribution is -2.24. The Hall–Kier alpha value is -2.58. The molecule has 0 saturated carbocycles. The minimum absolute atomic E-state index is 0.0943. The van der Waals surface area contributed by atoms with Crippen LogP contribution in [-0.2, 0) is 16.6 Å². The molecule has 0 unspecified atom stereocenters. The maximum absolute atomic E-state index is 12.4. The fourth-order valence-electron chi connectivity index (χ4n) is 2.33. The number of nitrogens with zero attached hydrogens (tertiary/aromatic N) is 3. The summed E-state index contributed by atoms with van der Waals surface area (Å²) in [6.07, 6.45) is 3.35. The van der Waals surface area contributed by atoms with Crippen LogP contribution in [0.25, 0.3) is 11.4 Å². The average Bonchev–Trinajstić information content (AvgIpc) is 2.94. The first-order valence-electron chi connectivity index (χ1n) is 7.26. The maximum atomic E-state index is 12.4. The van der Waals surface area contributed by atoms with Crippen molar-refractivity contribution in [1.82, 2.24) is 19.8 Å². The van der Waals surface area contributed by atoms with E-state index < -0.39 is 10.0 Å². The lowest BCUT2D eigenvalue weighted by molar-refractivity contribution is 0.390. The summed E-state index contributed by atoms with van der Waals surface area (Å²) in [6, 6.07) is 9.13. The maximum Gasteiger partial charge on any atom is 0.246 e. The number of aryl methyl sites for hydroxylation is 2. The van der Waals surface area contributed by atoms with Crippen LogP contribution in [0.1, 0.15) is 17.0 Å². The first kappa shape index (κ1) is 16.3. The average molecular weight is 344 g/mol. The van der Waals surface area contributed by atoms with Crippen LogP contribution in [-0.4, -0.2) is 23.5 Å². The van der Waals surface area contributed by atoms with Gasteiger partial charge in [0, 0.05) is 24.5 Å². The third-order valence-electron chi connectivity index (χ3n) is 3.48. The summed E-state index contributed by atoms with van der Waals surface area (Å²) in [5, 5.41) is 3.67. The second-order valence-electron chi connectivity index (χ2n) is 5.25. The molecule has 0 spiro atoms. The van der Waals surface area contributed by atoms with Gasteiger partial charge in [0.1, 0.15) is 10.6 Å². The van der Waals surface area contributed by atoms with Gasteiger partial charge in [0.2, 0.25) is 10.0 Å². The zero-order chi connectivity index (χ0) is 17.2. The Balaban J connectivity index is 1.73. The van der Waals surface area contributed by atoms with Crippen LogP contribution in [0.2, 0.25) is 0 Å². The van der Waals surface area contributed by atoms with Gasteiger partial charge in [0.25, 0.3) is 0 Å². The van der Waals surface area contributed by atoms with Crippen molar-refractivity contribution in [1.29, 1.82) is 0 Å². The van der Waals surface area contributed by atoms with Gasteiger partial charge < -0.3 is 4.52 Å². The minimum Gasteiger partial charge on any atom is -0.360 e. The van der Waals surface area contributed by atoms with E-state index in [1.165, 1.54) is 0 Å². The van der Waals surface area contributed by atoms with E-state index in [0.29, 0.717) is 11.5 Å². The standard InChI is InChI=1S/C16H16N4O3S/c1-11-15(12(2)23-20-11)24(21,22)19-10-13-4-6-14(7-5-13)16-17-8-3-9-18-16/h3-9,19H,10H2,1-2H3. The van der Waals surface area contributed by atoms with Crippen LogP contribution in [0.5, 0.6) is 0 Å². The molecular formula is C16H16N4O3S. The van der Waals surface area contributed by atoms with Crippen LogP contribution in [0, 0.1) is 13.8 Å². The minimum atomic E-state index is -3.67. The van der Waals surface area contributed by atoms with Gasteiger partial charge in [0.15, 0.2) is 11.6 Å². The van der Waals surface area contributed by atoms with Crippen molar-refractivity contribution in [2.45, 2.75) is 25.3 Å². The Morgan fingerprint density at radius 1 is 1.08 bits per heavy atom. The molecule has 0 radical (unpaired) electrons. The fourth-order valence-corrected chi connectivity index (χ4v) is 3.67. The first-order valence-corrected chi connectivity index (χ1v) is 8.74. The van der Waals surface area contributed by atoms with Crippen LogP contribution in [0.4, 0.5) is 0 Å². The van der Waals surface area contributed by atoms with Crippen molar-refractivity contribution in [3.63, 3.8) is 0 Å². The van der Waals surface area contributed by atoms with Crippen LogP contribution in [0.15, 0.2) is 52.1 Å². The molecule has 0 fully saturated rings. The number of nitrogens with one attached hydrogen (secondary N) is 1. The zero-order valence-corrected chi connectivity index (χ0v) is 14.0. The molecule has 0 aliphatic rings. The van der Waals surface area contributed by atoms with Crippen molar-refractivity contribution in [2.75, 3.05) is 0 Å². The molecule has 2 aromatic heterocycles. The van der Waals surface area contributed by atoms with Gasteiger partial charge in [-0.05, 0) is 25.5 Å². The largest absolute Gasteiger partial charge is 0.360 e. The number of hydrogen-bond donors (Lipinski definition) is 1. The predicted octanol–water partition coefficient (Wildman–Crippen LogP) is 2.23. The Kier molecular flexibility index (Phi) is 4.41. The lowest BCUT2D eigenvalue weighted by Gasteiger charge is -2.07. The predicted molar refractivity (Wildman–Crippen MR) is 87.5 cm³/mol. The monoisotopic (exact) mass is 344 g/mol. The molecule has 0 atom stereocenters. The Labute approximate surface area is 139 Å². The van der Waals surface area contributed by atoms with E-state index in [9.17, 15) is 8.42 Å². The molecular weight excluding hydrogens is 328 g/mol. The summed E-state index contributed by atoms with van der Waals surface area (Å²) in [7, 11) is -3.67. The van der Waals surface area contributed by atoms with E-state index in [0.717, 1.165) is 11.1 Å². The number of sulfonamides is 1. The zero-order valence-electron chi connectivity index (χ0n) is 13.2. The van der Waals surface area contributed by atoms with Gasteiger partial charge in [-0.15, -0.1) is 0 Å². The normalized spacial score (nSPS) is 11.6. The SMILES string of the molecule is Cc1noc(C)c1S(=O)(=O)NCc1ccc(-c2ncccn2)cc1. The van der Waals surface area contributed by atoms with Crippen molar-refractivity contribution >= 4 is 10.0 Å². The summed E-state index contributed by atoms with van der Waals surface area (Å²) >= 11 is 0. The molecule has 0 bridgehead atoms. The van der Waals surface area contributed by atoms with E-state index in [-0.39, 0.29) is 17.2 Å². The van der Waals surface area contributed by atoms with Crippen LogP contribution < -0.4 is 4.72 Å². The Bertz CT molecular complexity index is 916. The van der Waals surface area contributed by atoms with Gasteiger partial charge in [-0.1, -0.05) is 29.4 Å². The van der Waals surface area contributed by atoms with E-state index in [1.54, 1.807) is 32.3 Å². The van der Waals surface area contributed by atoms with E-state index >= 15 is 0 Å². The van der Waals surface area contributed by atoms with E-state index in [1.807, 2.05) is 24.3 Å². The third-order valence-corrected chi connectivity index (χ3v) is 5.13. The van der Waals surface area contributed by atoms with Gasteiger partial charge in [0.05, 0.1) is 0 Å². The third kappa shape index (κ3) is 3.34.